The van der Waals surface area contributed by atoms with E-state index >= 15 is 0 Å². The summed E-state index contributed by atoms with van der Waals surface area (Å²) >= 11 is 0. The highest BCUT2D eigenvalue weighted by Crippen LogP contribution is 2.19. The smallest absolute Gasteiger partial charge is 0.306 e. The Hall–Kier alpha value is -1.12. The minimum atomic E-state index is -2.01. The molecule has 17 heavy (non-hydrogen) atoms. The molecule has 0 radical (unpaired) electrons. The highest BCUT2D eigenvalue weighted by Gasteiger charge is 2.06. The summed E-state index contributed by atoms with van der Waals surface area (Å²) in [4.78, 5) is 11.3. The van der Waals surface area contributed by atoms with Crippen LogP contribution in [0.5, 0.6) is 0 Å². The van der Waals surface area contributed by atoms with Gasteiger partial charge in [0.15, 0.2) is 0 Å². The monoisotopic (exact) mass is 256 g/mol. The summed E-state index contributed by atoms with van der Waals surface area (Å²) < 4.78 is 16.0. The van der Waals surface area contributed by atoms with Gasteiger partial charge in [-0.15, -0.1) is 0 Å². The number of carbonyl (C=O) groups excluding carboxylic acids is 1. The molecule has 5 heteroatoms. The fraction of sp³-hybridized carbons (Fsp3) is 0.417. The maximum atomic E-state index is 11.3. The van der Waals surface area contributed by atoms with E-state index in [1.54, 1.807) is 0 Å². The first kappa shape index (κ1) is 13.9. The average molecular weight is 256 g/mol. The van der Waals surface area contributed by atoms with Crippen LogP contribution in [0.3, 0.4) is 0 Å². The summed E-state index contributed by atoms with van der Waals surface area (Å²) in [6.45, 7) is 2.22. The molecule has 1 rings (SSSR count). The summed E-state index contributed by atoms with van der Waals surface area (Å²) in [5, 5.41) is 8.56. The van der Waals surface area contributed by atoms with E-state index in [-0.39, 0.29) is 31.5 Å². The van der Waals surface area contributed by atoms with Crippen LogP contribution in [-0.4, -0.2) is 23.6 Å². The van der Waals surface area contributed by atoms with Crippen LogP contribution in [0.4, 0.5) is 0 Å². The average Bonchev–Trinajstić information content (AvgIpc) is 2.35. The molecule has 1 N–H and O–H groups in total. The Balaban J connectivity index is 2.28. The van der Waals surface area contributed by atoms with Gasteiger partial charge in [0.1, 0.15) is 14.4 Å². The van der Waals surface area contributed by atoms with Gasteiger partial charge in [0.2, 0.25) is 0 Å². The lowest BCUT2D eigenvalue weighted by Crippen LogP contribution is -2.05. The molecule has 0 saturated carbocycles. The van der Waals surface area contributed by atoms with E-state index in [9.17, 15) is 9.36 Å². The van der Waals surface area contributed by atoms with Crippen LogP contribution >= 0.6 is 7.80 Å². The molecule has 1 atom stereocenters. The molecule has 1 unspecified atom stereocenters. The number of hydrogen-bond acceptors (Lipinski definition) is 4. The highest BCUT2D eigenvalue weighted by atomic mass is 31.1. The zero-order valence-electron chi connectivity index (χ0n) is 9.81. The van der Waals surface area contributed by atoms with E-state index < -0.39 is 7.80 Å². The van der Waals surface area contributed by atoms with Crippen molar-refractivity contribution in [3.05, 3.63) is 35.4 Å². The van der Waals surface area contributed by atoms with Crippen LogP contribution in [0.2, 0.25) is 0 Å². The van der Waals surface area contributed by atoms with Crippen LogP contribution < -0.4 is 0 Å². The fourth-order valence-electron chi connectivity index (χ4n) is 1.24. The molecule has 0 aliphatic heterocycles. The first-order valence-corrected chi connectivity index (χ1v) is 7.28. The Labute approximate surface area is 101 Å². The molecule has 0 aliphatic rings. The number of aliphatic hydroxyl groups excluding tert-OH is 1. The zero-order chi connectivity index (χ0) is 12.7. The van der Waals surface area contributed by atoms with Gasteiger partial charge in [-0.3, -0.25) is 4.79 Å². The molecule has 94 valence electrons. The molecule has 0 fully saturated rings. The van der Waals surface area contributed by atoms with Crippen molar-refractivity contribution >= 4 is 13.8 Å². The van der Waals surface area contributed by atoms with Crippen molar-refractivity contribution in [2.75, 3.05) is 12.5 Å². The molecule has 0 saturated heterocycles. The van der Waals surface area contributed by atoms with Crippen molar-refractivity contribution in [3.8, 4) is 0 Å². The third-order valence-corrected chi connectivity index (χ3v) is 3.47. The lowest BCUT2D eigenvalue weighted by atomic mass is 10.2. The lowest BCUT2D eigenvalue weighted by molar-refractivity contribution is -0.144. The minimum Gasteiger partial charge on any atom is -0.461 e. The predicted octanol–water partition coefficient (Wildman–Crippen LogP) is 1.94. The Morgan fingerprint density at radius 2 is 2.00 bits per heavy atom. The van der Waals surface area contributed by atoms with Gasteiger partial charge in [-0.2, -0.15) is 0 Å². The van der Waals surface area contributed by atoms with Gasteiger partial charge in [-0.25, -0.2) is 0 Å². The highest BCUT2D eigenvalue weighted by molar-refractivity contribution is 7.44. The molecule has 0 bridgehead atoms. The molecule has 0 aliphatic carbocycles. The molecule has 0 amide bonds. The quantitative estimate of drug-likeness (QED) is 0.624. The van der Waals surface area contributed by atoms with Crippen LogP contribution in [-0.2, 0) is 20.7 Å². The Kier molecular flexibility index (Phi) is 5.95. The Morgan fingerprint density at radius 3 is 2.59 bits per heavy atom. The number of aryl methyl sites for hydroxylation is 1. The van der Waals surface area contributed by atoms with Gasteiger partial charge in [-0.05, 0) is 12.5 Å². The van der Waals surface area contributed by atoms with E-state index in [0.29, 0.717) is 0 Å². The minimum absolute atomic E-state index is 0.101. The van der Waals surface area contributed by atoms with E-state index in [4.69, 9.17) is 9.84 Å². The van der Waals surface area contributed by atoms with Crippen LogP contribution in [0.1, 0.15) is 17.5 Å². The van der Waals surface area contributed by atoms with Gasteiger partial charge in [0.05, 0.1) is 12.8 Å². The zero-order valence-corrected chi connectivity index (χ0v) is 10.8. The topological polar surface area (TPSA) is 63.6 Å². The largest absolute Gasteiger partial charge is 0.461 e. The predicted molar refractivity (Wildman–Crippen MR) is 66.5 cm³/mol. The summed E-state index contributed by atoms with van der Waals surface area (Å²) in [5.74, 6) is -0.377. The van der Waals surface area contributed by atoms with Crippen molar-refractivity contribution < 1.29 is 19.2 Å². The maximum absolute atomic E-state index is 11.3. The van der Waals surface area contributed by atoms with Gasteiger partial charge >= 0.3 is 5.97 Å². The van der Waals surface area contributed by atoms with Crippen molar-refractivity contribution in [2.45, 2.75) is 20.0 Å². The normalized spacial score (nSPS) is 12.1. The van der Waals surface area contributed by atoms with Gasteiger partial charge in [0.25, 0.3) is 0 Å². The number of esters is 1. The second kappa shape index (κ2) is 7.25. The Morgan fingerprint density at radius 1 is 1.35 bits per heavy atom. The first-order valence-electron chi connectivity index (χ1n) is 5.45. The molecule has 0 heterocycles. The first-order chi connectivity index (χ1) is 8.11. The van der Waals surface area contributed by atoms with E-state index in [2.05, 4.69) is 0 Å². The maximum Gasteiger partial charge on any atom is 0.306 e. The molecular formula is C12H17O4P. The van der Waals surface area contributed by atoms with E-state index in [1.165, 1.54) is 0 Å². The molecule has 4 nitrogen and oxygen atoms in total. The van der Waals surface area contributed by atoms with Crippen molar-refractivity contribution in [2.24, 2.45) is 0 Å². The number of ether oxygens (including phenoxy) is 1. The fourth-order valence-corrected chi connectivity index (χ4v) is 1.88. The standard InChI is InChI=1S/C12H17O4P/c1-10-2-4-11(5-3-10)8-16-12(14)6-7-17(15)9-13/h2-5,13,17H,6-9H2,1H3. The summed E-state index contributed by atoms with van der Waals surface area (Å²) in [6, 6.07) is 7.71. The number of aliphatic hydroxyl groups is 1. The van der Waals surface area contributed by atoms with Crippen LogP contribution in [0, 0.1) is 6.92 Å². The van der Waals surface area contributed by atoms with E-state index in [0.717, 1.165) is 11.1 Å². The third kappa shape index (κ3) is 5.66. The van der Waals surface area contributed by atoms with Gasteiger partial charge in [0, 0.05) is 6.16 Å². The van der Waals surface area contributed by atoms with Crippen molar-refractivity contribution in [1.82, 2.24) is 0 Å². The number of benzene rings is 1. The Bertz CT molecular complexity index is 386. The third-order valence-electron chi connectivity index (χ3n) is 2.30. The van der Waals surface area contributed by atoms with Crippen LogP contribution in [0.25, 0.3) is 0 Å². The molecule has 1 aromatic carbocycles. The van der Waals surface area contributed by atoms with Crippen molar-refractivity contribution in [1.29, 1.82) is 0 Å². The SMILES string of the molecule is Cc1ccc(COC(=O)CC[PH](=O)CO)cc1. The van der Waals surface area contributed by atoms with Gasteiger partial charge < -0.3 is 14.4 Å². The lowest BCUT2D eigenvalue weighted by Gasteiger charge is -2.05. The molecule has 0 aromatic heterocycles. The van der Waals surface area contributed by atoms with E-state index in [1.807, 2.05) is 31.2 Å². The van der Waals surface area contributed by atoms with Crippen LogP contribution in [0.15, 0.2) is 24.3 Å². The molecular weight excluding hydrogens is 239 g/mol. The van der Waals surface area contributed by atoms with Crippen molar-refractivity contribution in [3.63, 3.8) is 0 Å². The summed E-state index contributed by atoms with van der Waals surface area (Å²) in [5.41, 5.74) is 2.08. The summed E-state index contributed by atoms with van der Waals surface area (Å²) in [7, 11) is -2.01. The second-order valence-electron chi connectivity index (χ2n) is 3.84. The second-order valence-corrected chi connectivity index (χ2v) is 5.74. The molecule has 0 spiro atoms. The molecule has 1 aromatic rings. The number of hydrogen-bond donors (Lipinski definition) is 1. The van der Waals surface area contributed by atoms with Gasteiger partial charge in [-0.1, -0.05) is 29.8 Å². The summed E-state index contributed by atoms with van der Waals surface area (Å²) in [6.07, 6.45) is -0.0198. The number of carbonyl (C=O) groups is 1. The number of rotatable bonds is 6.